The van der Waals surface area contributed by atoms with Crippen LogP contribution in [0.4, 0.5) is 16.2 Å². The third-order valence-electron chi connectivity index (χ3n) is 3.75. The fourth-order valence-corrected chi connectivity index (χ4v) is 2.23. The summed E-state index contributed by atoms with van der Waals surface area (Å²) < 4.78 is 20.4. The van der Waals surface area contributed by atoms with E-state index in [0.717, 1.165) is 0 Å². The molecule has 0 saturated carbocycles. The van der Waals surface area contributed by atoms with E-state index in [0.29, 0.717) is 23.5 Å². The maximum atomic E-state index is 13.5. The van der Waals surface area contributed by atoms with E-state index < -0.39 is 31.7 Å². The number of imidazole rings is 1. The van der Waals surface area contributed by atoms with Crippen LogP contribution in [0.5, 0.6) is 0 Å². The third-order valence-corrected chi connectivity index (χ3v) is 3.75. The van der Waals surface area contributed by atoms with Crippen molar-refractivity contribution in [1.29, 1.82) is 0 Å². The highest BCUT2D eigenvalue weighted by atomic mass is 19.1. The summed E-state index contributed by atoms with van der Waals surface area (Å²) in [4.78, 5) is 14.4. The number of aliphatic hydroxyl groups is 2. The van der Waals surface area contributed by atoms with Crippen LogP contribution in [-0.4, -0.2) is 68.8 Å². The van der Waals surface area contributed by atoms with Crippen LogP contribution < -0.4 is 10.6 Å². The molecule has 0 aliphatic heterocycles. The number of hydrogen-bond donors (Lipinski definition) is 3. The Bertz CT molecular complexity index is 680. The van der Waals surface area contributed by atoms with Gasteiger partial charge in [0.05, 0.1) is 19.0 Å². The molecule has 0 saturated heterocycles. The van der Waals surface area contributed by atoms with Gasteiger partial charge < -0.3 is 25.6 Å². The van der Waals surface area contributed by atoms with Crippen LogP contribution >= 0.6 is 0 Å². The molecule has 2 aromatic rings. The lowest BCUT2D eigenvalue weighted by molar-refractivity contribution is -0.123. The van der Waals surface area contributed by atoms with E-state index in [1.165, 1.54) is 17.8 Å². The van der Waals surface area contributed by atoms with Gasteiger partial charge in [-0.1, -0.05) is 0 Å². The number of nitrogens with two attached hydrogens (primary N) is 1. The SMILES string of the molecule is CCN(C)c1nc(N)nc2c1ncn2[C@@H](CF)OC(CO)[C@H](C)O. The molecule has 4 N–H and O–H groups in total. The van der Waals surface area contributed by atoms with Crippen molar-refractivity contribution in [1.82, 2.24) is 19.5 Å². The fourth-order valence-electron chi connectivity index (χ4n) is 2.23. The molecule has 1 unspecified atom stereocenters. The van der Waals surface area contributed by atoms with Crippen LogP contribution in [-0.2, 0) is 4.74 Å². The highest BCUT2D eigenvalue weighted by Crippen LogP contribution is 2.26. The van der Waals surface area contributed by atoms with Crippen molar-refractivity contribution >= 4 is 22.9 Å². The molecule has 0 aliphatic carbocycles. The van der Waals surface area contributed by atoms with Crippen molar-refractivity contribution in [3.63, 3.8) is 0 Å². The van der Waals surface area contributed by atoms with E-state index in [9.17, 15) is 14.6 Å². The normalized spacial score (nSPS) is 15.4. The van der Waals surface area contributed by atoms with E-state index in [1.54, 1.807) is 0 Å². The monoisotopic (exact) mass is 342 g/mol. The van der Waals surface area contributed by atoms with Crippen LogP contribution in [0.2, 0.25) is 0 Å². The number of nitrogen functional groups attached to an aromatic ring is 1. The minimum atomic E-state index is -1.10. The summed E-state index contributed by atoms with van der Waals surface area (Å²) in [6, 6.07) is 0. The Morgan fingerprint density at radius 2 is 2.17 bits per heavy atom. The molecular weight excluding hydrogens is 319 g/mol. The van der Waals surface area contributed by atoms with Crippen molar-refractivity contribution in [3.05, 3.63) is 6.33 Å². The van der Waals surface area contributed by atoms with E-state index in [1.807, 2.05) is 18.9 Å². The summed E-state index contributed by atoms with van der Waals surface area (Å²) in [6.45, 7) is 2.75. The highest BCUT2D eigenvalue weighted by Gasteiger charge is 2.25. The topological polar surface area (TPSA) is 123 Å². The second-order valence-electron chi connectivity index (χ2n) is 5.45. The second kappa shape index (κ2) is 7.69. The van der Waals surface area contributed by atoms with Gasteiger partial charge in [0.25, 0.3) is 0 Å². The Morgan fingerprint density at radius 1 is 1.46 bits per heavy atom. The van der Waals surface area contributed by atoms with Crippen LogP contribution in [0.25, 0.3) is 11.2 Å². The summed E-state index contributed by atoms with van der Waals surface area (Å²) in [7, 11) is 1.83. The Balaban J connectivity index is 2.46. The van der Waals surface area contributed by atoms with Crippen molar-refractivity contribution < 1.29 is 19.3 Å². The summed E-state index contributed by atoms with van der Waals surface area (Å²) in [5, 5.41) is 18.8. The van der Waals surface area contributed by atoms with Gasteiger partial charge in [-0.2, -0.15) is 9.97 Å². The zero-order valence-electron chi connectivity index (χ0n) is 13.9. The fraction of sp³-hybridized carbons (Fsp3) is 0.643. The first-order chi connectivity index (χ1) is 11.4. The van der Waals surface area contributed by atoms with Gasteiger partial charge in [-0.05, 0) is 13.8 Å². The number of halogens is 1. The first-order valence-electron chi connectivity index (χ1n) is 7.64. The Morgan fingerprint density at radius 3 is 2.71 bits per heavy atom. The van der Waals surface area contributed by atoms with Crippen molar-refractivity contribution in [2.75, 3.05) is 37.5 Å². The molecule has 134 valence electrons. The standard InChI is InChI=1S/C14H23FN6O3/c1-4-20(3)12-11-13(19-14(16)18-12)21(7-17-11)10(5-15)24-9(6-22)8(2)23/h7-10,22-23H,4-6H2,1-3H3,(H2,16,18,19)/t8-,9?,10+/m0/s1. The number of alkyl halides is 1. The molecule has 0 spiro atoms. The Kier molecular flexibility index (Phi) is 5.86. The van der Waals surface area contributed by atoms with Gasteiger partial charge in [-0.25, -0.2) is 9.37 Å². The smallest absolute Gasteiger partial charge is 0.224 e. The summed E-state index contributed by atoms with van der Waals surface area (Å²) in [6.07, 6.45) is -1.61. The van der Waals surface area contributed by atoms with Crippen LogP contribution in [0.1, 0.15) is 20.1 Å². The summed E-state index contributed by atoms with van der Waals surface area (Å²) in [5.74, 6) is 0.567. The largest absolute Gasteiger partial charge is 0.394 e. The van der Waals surface area contributed by atoms with E-state index in [4.69, 9.17) is 10.5 Å². The number of rotatable bonds is 8. The molecule has 9 nitrogen and oxygen atoms in total. The lowest BCUT2D eigenvalue weighted by Gasteiger charge is -2.24. The molecule has 24 heavy (non-hydrogen) atoms. The quantitative estimate of drug-likeness (QED) is 0.617. The number of hydrogen-bond acceptors (Lipinski definition) is 8. The maximum Gasteiger partial charge on any atom is 0.224 e. The van der Waals surface area contributed by atoms with Crippen molar-refractivity contribution in [2.45, 2.75) is 32.3 Å². The van der Waals surface area contributed by atoms with E-state index in [-0.39, 0.29) is 5.95 Å². The van der Waals surface area contributed by atoms with Gasteiger partial charge in [-0.3, -0.25) is 4.57 Å². The number of anilines is 2. The van der Waals surface area contributed by atoms with Gasteiger partial charge in [0.15, 0.2) is 23.2 Å². The van der Waals surface area contributed by atoms with E-state index in [2.05, 4.69) is 15.0 Å². The number of ether oxygens (including phenoxy) is 1. The van der Waals surface area contributed by atoms with Crippen molar-refractivity contribution in [2.24, 2.45) is 0 Å². The third kappa shape index (κ3) is 3.55. The Hall–Kier alpha value is -2.04. The van der Waals surface area contributed by atoms with Crippen LogP contribution in [0.3, 0.4) is 0 Å². The molecule has 3 atom stereocenters. The average molecular weight is 342 g/mol. The number of aromatic nitrogens is 4. The predicted octanol–water partition coefficient (Wildman–Crippen LogP) is 0.0910. The predicted molar refractivity (Wildman–Crippen MR) is 87.3 cm³/mol. The van der Waals surface area contributed by atoms with Crippen molar-refractivity contribution in [3.8, 4) is 0 Å². The first kappa shape index (κ1) is 18.3. The zero-order valence-corrected chi connectivity index (χ0v) is 13.9. The molecule has 2 aromatic heterocycles. The molecule has 0 aliphatic rings. The molecule has 0 radical (unpaired) electrons. The van der Waals surface area contributed by atoms with Gasteiger partial charge in [-0.15, -0.1) is 0 Å². The zero-order chi connectivity index (χ0) is 17.9. The lowest BCUT2D eigenvalue weighted by Crippen LogP contribution is -2.33. The molecular formula is C14H23FN6O3. The lowest BCUT2D eigenvalue weighted by atomic mass is 10.2. The summed E-state index contributed by atoms with van der Waals surface area (Å²) in [5.41, 5.74) is 6.55. The minimum Gasteiger partial charge on any atom is -0.394 e. The maximum absolute atomic E-state index is 13.5. The van der Waals surface area contributed by atoms with Gasteiger partial charge >= 0.3 is 0 Å². The van der Waals surface area contributed by atoms with Crippen LogP contribution in [0.15, 0.2) is 6.33 Å². The molecule has 0 fully saturated rings. The molecule has 0 aromatic carbocycles. The second-order valence-corrected chi connectivity index (χ2v) is 5.45. The Labute approximate surface area is 138 Å². The number of nitrogens with zero attached hydrogens (tertiary/aromatic N) is 5. The molecule has 0 amide bonds. The number of fused-ring (bicyclic) bond motifs is 1. The minimum absolute atomic E-state index is 0.0337. The van der Waals surface area contributed by atoms with Gasteiger partial charge in [0, 0.05) is 13.6 Å². The summed E-state index contributed by atoms with van der Waals surface area (Å²) >= 11 is 0. The molecule has 2 heterocycles. The number of aliphatic hydroxyl groups excluding tert-OH is 2. The van der Waals surface area contributed by atoms with E-state index >= 15 is 0 Å². The highest BCUT2D eigenvalue weighted by molar-refractivity contribution is 5.84. The molecule has 2 rings (SSSR count). The van der Waals surface area contributed by atoms with Gasteiger partial charge in [0.2, 0.25) is 5.95 Å². The first-order valence-corrected chi connectivity index (χ1v) is 7.64. The molecule has 0 bridgehead atoms. The molecule has 10 heteroatoms. The van der Waals surface area contributed by atoms with Crippen LogP contribution in [0, 0.1) is 0 Å². The average Bonchev–Trinajstić information content (AvgIpc) is 2.97. The van der Waals surface area contributed by atoms with Gasteiger partial charge in [0.1, 0.15) is 12.8 Å².